The first-order chi connectivity index (χ1) is 12.4. The fourth-order valence-electron chi connectivity index (χ4n) is 2.73. The predicted octanol–water partition coefficient (Wildman–Crippen LogP) is 2.82. The number of carbonyl (C=O) groups is 1. The summed E-state index contributed by atoms with van der Waals surface area (Å²) in [6, 6.07) is 3.58. The van der Waals surface area contributed by atoms with Gasteiger partial charge in [0.2, 0.25) is 5.88 Å². The summed E-state index contributed by atoms with van der Waals surface area (Å²) in [6.45, 7) is 1.35. The van der Waals surface area contributed by atoms with Crippen LogP contribution >= 0.6 is 0 Å². The predicted molar refractivity (Wildman–Crippen MR) is 85.4 cm³/mol. The minimum Gasteiger partial charge on any atom is -0.477 e. The lowest BCUT2D eigenvalue weighted by Gasteiger charge is -2.31. The Morgan fingerprint density at radius 2 is 2.00 bits per heavy atom. The van der Waals surface area contributed by atoms with E-state index in [-0.39, 0.29) is 24.3 Å². The first kappa shape index (κ1) is 18.1. The lowest BCUT2D eigenvalue weighted by Crippen LogP contribution is -2.40. The van der Waals surface area contributed by atoms with Crippen LogP contribution < -0.4 is 4.74 Å². The van der Waals surface area contributed by atoms with Crippen molar-refractivity contribution in [2.75, 3.05) is 19.7 Å². The number of hydrogen-bond donors (Lipinski definition) is 0. The van der Waals surface area contributed by atoms with E-state index < -0.39 is 11.9 Å². The fraction of sp³-hybridized carbons (Fsp3) is 0.412. The van der Waals surface area contributed by atoms with Gasteiger partial charge >= 0.3 is 6.18 Å². The molecule has 1 saturated heterocycles. The summed E-state index contributed by atoms with van der Waals surface area (Å²) < 4.78 is 43.4. The number of piperidine rings is 1. The molecule has 3 heterocycles. The van der Waals surface area contributed by atoms with E-state index in [0.29, 0.717) is 31.6 Å². The summed E-state index contributed by atoms with van der Waals surface area (Å²) in [7, 11) is 0. The Kier molecular flexibility index (Phi) is 5.34. The van der Waals surface area contributed by atoms with Gasteiger partial charge in [0.15, 0.2) is 0 Å². The van der Waals surface area contributed by atoms with Crippen molar-refractivity contribution in [1.29, 1.82) is 0 Å². The molecule has 2 aromatic rings. The maximum Gasteiger partial charge on any atom is 0.433 e. The van der Waals surface area contributed by atoms with Crippen molar-refractivity contribution < 1.29 is 22.7 Å². The van der Waals surface area contributed by atoms with E-state index in [9.17, 15) is 18.0 Å². The minimum atomic E-state index is -4.49. The molecule has 1 aliphatic heterocycles. The van der Waals surface area contributed by atoms with Crippen LogP contribution in [0, 0.1) is 5.92 Å². The Balaban J connectivity index is 1.50. The van der Waals surface area contributed by atoms with E-state index >= 15 is 0 Å². The molecule has 6 nitrogen and oxygen atoms in total. The van der Waals surface area contributed by atoms with Crippen LogP contribution in [0.4, 0.5) is 13.2 Å². The molecule has 2 aromatic heterocycles. The first-order valence-electron chi connectivity index (χ1n) is 8.16. The molecule has 1 fully saturated rings. The number of alkyl halides is 3. The highest BCUT2D eigenvalue weighted by atomic mass is 19.4. The van der Waals surface area contributed by atoms with Gasteiger partial charge < -0.3 is 9.64 Å². The van der Waals surface area contributed by atoms with Crippen LogP contribution in [0.5, 0.6) is 5.88 Å². The van der Waals surface area contributed by atoms with Gasteiger partial charge in [-0.1, -0.05) is 6.07 Å². The van der Waals surface area contributed by atoms with E-state index in [2.05, 4.69) is 15.0 Å². The lowest BCUT2D eigenvalue weighted by molar-refractivity contribution is -0.141. The van der Waals surface area contributed by atoms with Crippen LogP contribution in [0.25, 0.3) is 0 Å². The van der Waals surface area contributed by atoms with Gasteiger partial charge in [-0.25, -0.2) is 9.97 Å². The van der Waals surface area contributed by atoms with Crippen molar-refractivity contribution in [3.8, 4) is 5.88 Å². The zero-order valence-electron chi connectivity index (χ0n) is 13.8. The third-order valence-electron chi connectivity index (χ3n) is 4.16. The van der Waals surface area contributed by atoms with E-state index in [0.717, 1.165) is 6.07 Å². The molecule has 3 rings (SSSR count). The normalized spacial score (nSPS) is 15.7. The van der Waals surface area contributed by atoms with Crippen LogP contribution in [0.3, 0.4) is 0 Å². The fourth-order valence-corrected chi connectivity index (χ4v) is 2.73. The van der Waals surface area contributed by atoms with Crippen molar-refractivity contribution in [2.45, 2.75) is 19.0 Å². The van der Waals surface area contributed by atoms with E-state index in [1.165, 1.54) is 30.7 Å². The molecule has 0 spiro atoms. The van der Waals surface area contributed by atoms with Gasteiger partial charge in [-0.15, -0.1) is 0 Å². The molecule has 0 aromatic carbocycles. The van der Waals surface area contributed by atoms with Gasteiger partial charge in [-0.2, -0.15) is 13.2 Å². The molecular weight excluding hydrogens is 349 g/mol. The second-order valence-corrected chi connectivity index (χ2v) is 6.00. The third kappa shape index (κ3) is 4.47. The molecule has 1 aliphatic rings. The van der Waals surface area contributed by atoms with Gasteiger partial charge in [0.25, 0.3) is 5.91 Å². The number of ether oxygens (including phenoxy) is 1. The molecule has 0 atom stereocenters. The second-order valence-electron chi connectivity index (χ2n) is 6.00. The molecule has 0 saturated carbocycles. The average molecular weight is 366 g/mol. The zero-order chi connectivity index (χ0) is 18.6. The van der Waals surface area contributed by atoms with Crippen molar-refractivity contribution >= 4 is 5.91 Å². The molecule has 9 heteroatoms. The lowest BCUT2D eigenvalue weighted by atomic mass is 9.97. The monoisotopic (exact) mass is 366 g/mol. The topological polar surface area (TPSA) is 68.2 Å². The summed E-state index contributed by atoms with van der Waals surface area (Å²) in [5.41, 5.74) is -0.672. The highest BCUT2D eigenvalue weighted by Crippen LogP contribution is 2.29. The van der Waals surface area contributed by atoms with Gasteiger partial charge in [-0.05, 0) is 24.8 Å². The highest BCUT2D eigenvalue weighted by molar-refractivity contribution is 5.91. The number of amides is 1. The molecule has 26 heavy (non-hydrogen) atoms. The van der Waals surface area contributed by atoms with Crippen molar-refractivity contribution in [3.63, 3.8) is 0 Å². The number of hydrogen-bond acceptors (Lipinski definition) is 5. The zero-order valence-corrected chi connectivity index (χ0v) is 13.8. The average Bonchev–Trinajstić information content (AvgIpc) is 2.66. The van der Waals surface area contributed by atoms with Gasteiger partial charge in [0.05, 0.1) is 12.8 Å². The molecule has 0 radical (unpaired) electrons. The van der Waals surface area contributed by atoms with Gasteiger partial charge in [-0.3, -0.25) is 9.78 Å². The largest absolute Gasteiger partial charge is 0.477 e. The Bertz CT molecular complexity index is 747. The summed E-state index contributed by atoms with van der Waals surface area (Å²) >= 11 is 0. The Labute approximate surface area is 148 Å². The van der Waals surface area contributed by atoms with Crippen molar-refractivity contribution in [3.05, 3.63) is 48.2 Å². The number of likely N-dealkylation sites (tertiary alicyclic amines) is 1. The minimum absolute atomic E-state index is 0.0436. The second kappa shape index (κ2) is 7.67. The van der Waals surface area contributed by atoms with Crippen LogP contribution in [-0.2, 0) is 6.18 Å². The quantitative estimate of drug-likeness (QED) is 0.832. The molecule has 0 aliphatic carbocycles. The number of halogens is 3. The molecule has 0 N–H and O–H groups in total. The van der Waals surface area contributed by atoms with Gasteiger partial charge in [0, 0.05) is 31.5 Å². The molecule has 1 amide bonds. The van der Waals surface area contributed by atoms with Gasteiger partial charge in [0.1, 0.15) is 11.4 Å². The van der Waals surface area contributed by atoms with Crippen LogP contribution in [0.15, 0.2) is 36.8 Å². The summed E-state index contributed by atoms with van der Waals surface area (Å²) in [5.74, 6) is -0.0628. The van der Waals surface area contributed by atoms with Crippen LogP contribution in [0.1, 0.15) is 29.0 Å². The van der Waals surface area contributed by atoms with Crippen molar-refractivity contribution in [1.82, 2.24) is 19.9 Å². The third-order valence-corrected chi connectivity index (χ3v) is 4.16. The summed E-state index contributed by atoms with van der Waals surface area (Å²) in [6.07, 6.45) is 1.30. The number of pyridine rings is 1. The summed E-state index contributed by atoms with van der Waals surface area (Å²) in [5, 5.41) is 0. The number of carbonyl (C=O) groups excluding carboxylic acids is 1. The van der Waals surface area contributed by atoms with Crippen LogP contribution in [0.2, 0.25) is 0 Å². The Morgan fingerprint density at radius 3 is 2.65 bits per heavy atom. The molecule has 0 bridgehead atoms. The summed E-state index contributed by atoms with van der Waals surface area (Å²) in [4.78, 5) is 25.4. The molecular formula is C17H17F3N4O2. The first-order valence-corrected chi connectivity index (χ1v) is 8.16. The maximum absolute atomic E-state index is 12.7. The Hall–Kier alpha value is -2.71. The number of nitrogens with zero attached hydrogens (tertiary/aromatic N) is 4. The smallest absolute Gasteiger partial charge is 0.433 e. The van der Waals surface area contributed by atoms with Crippen molar-refractivity contribution in [2.24, 2.45) is 5.92 Å². The number of rotatable bonds is 4. The molecule has 138 valence electrons. The maximum atomic E-state index is 12.7. The number of aromatic nitrogens is 3. The Morgan fingerprint density at radius 1 is 1.23 bits per heavy atom. The standard InChI is InChI=1S/C17H17F3N4O2/c18-17(19,20)14-2-1-3-15(23-14)26-11-12-4-8-24(9-5-12)16(25)13-10-21-6-7-22-13/h1-3,6-7,10,12H,4-5,8-9,11H2. The van der Waals surface area contributed by atoms with E-state index in [1.807, 2.05) is 0 Å². The van der Waals surface area contributed by atoms with E-state index in [4.69, 9.17) is 4.74 Å². The van der Waals surface area contributed by atoms with Crippen LogP contribution in [-0.4, -0.2) is 45.5 Å². The SMILES string of the molecule is O=C(c1cnccn1)N1CCC(COc2cccc(C(F)(F)F)n2)CC1. The molecule has 0 unspecified atom stereocenters. The highest BCUT2D eigenvalue weighted by Gasteiger charge is 2.32. The van der Waals surface area contributed by atoms with E-state index in [1.54, 1.807) is 4.90 Å².